The lowest BCUT2D eigenvalue weighted by Gasteiger charge is -2.08. The van der Waals surface area contributed by atoms with E-state index in [1.165, 1.54) is 13.0 Å². The van der Waals surface area contributed by atoms with Crippen molar-refractivity contribution in [3.63, 3.8) is 0 Å². The van der Waals surface area contributed by atoms with Gasteiger partial charge in [0.25, 0.3) is 0 Å². The molecule has 0 saturated carbocycles. The minimum atomic E-state index is -1.48. The molecule has 0 spiro atoms. The van der Waals surface area contributed by atoms with E-state index in [-0.39, 0.29) is 12.2 Å². The van der Waals surface area contributed by atoms with Crippen molar-refractivity contribution in [2.45, 2.75) is 24.3 Å². The summed E-state index contributed by atoms with van der Waals surface area (Å²) in [6, 6.07) is 3.26. The van der Waals surface area contributed by atoms with Crippen molar-refractivity contribution in [3.8, 4) is 0 Å². The van der Waals surface area contributed by atoms with Crippen LogP contribution in [-0.4, -0.2) is 25.5 Å². The molecule has 0 aromatic heterocycles. The number of aliphatic carboxylic acids is 1. The Labute approximate surface area is 110 Å². The van der Waals surface area contributed by atoms with Gasteiger partial charge < -0.3 is 5.11 Å². The molecule has 2 unspecified atom stereocenters. The summed E-state index contributed by atoms with van der Waals surface area (Å²) in [5.41, 5.74) is -0.313. The van der Waals surface area contributed by atoms with Crippen LogP contribution in [0.5, 0.6) is 0 Å². The summed E-state index contributed by atoms with van der Waals surface area (Å²) in [6.07, 6.45) is -0.248. The van der Waals surface area contributed by atoms with Crippen molar-refractivity contribution in [1.29, 1.82) is 0 Å². The highest BCUT2D eigenvalue weighted by molar-refractivity contribution is 7.84. The van der Waals surface area contributed by atoms with Gasteiger partial charge in [-0.2, -0.15) is 4.39 Å². The number of nitro groups is 1. The van der Waals surface area contributed by atoms with Crippen molar-refractivity contribution < 1.29 is 23.4 Å². The summed E-state index contributed by atoms with van der Waals surface area (Å²) in [7, 11) is -1.48. The number of halogens is 1. The number of carboxylic acids is 1. The third-order valence-corrected chi connectivity index (χ3v) is 4.11. The quantitative estimate of drug-likeness (QED) is 0.636. The summed E-state index contributed by atoms with van der Waals surface area (Å²) in [5, 5.41) is 18.4. The SMILES string of the molecule is CC(CC(=O)O)S(=O)Cc1ccc([N+](=O)[O-])c(F)c1. The Hall–Kier alpha value is -1.83. The number of carboxylic acid groups (broad SMARTS) is 1. The van der Waals surface area contributed by atoms with Crippen LogP contribution in [0.1, 0.15) is 18.9 Å². The summed E-state index contributed by atoms with van der Waals surface area (Å²) < 4.78 is 25.1. The third kappa shape index (κ3) is 4.40. The smallest absolute Gasteiger partial charge is 0.304 e. The molecule has 0 amide bonds. The fourth-order valence-corrected chi connectivity index (χ4v) is 2.55. The largest absolute Gasteiger partial charge is 0.481 e. The molecule has 1 aromatic carbocycles. The summed E-state index contributed by atoms with van der Waals surface area (Å²) in [5.74, 6) is -2.09. The maximum atomic E-state index is 13.3. The second kappa shape index (κ2) is 6.37. The van der Waals surface area contributed by atoms with Crippen molar-refractivity contribution in [2.24, 2.45) is 0 Å². The normalized spacial score (nSPS) is 13.8. The molecule has 1 rings (SSSR count). The van der Waals surface area contributed by atoms with E-state index < -0.39 is 38.4 Å². The number of hydrogen-bond acceptors (Lipinski definition) is 4. The molecule has 2 atom stereocenters. The zero-order valence-electron chi connectivity index (χ0n) is 10.0. The van der Waals surface area contributed by atoms with Gasteiger partial charge in [0.2, 0.25) is 5.82 Å². The Morgan fingerprint density at radius 2 is 2.21 bits per heavy atom. The lowest BCUT2D eigenvalue weighted by molar-refractivity contribution is -0.387. The molecule has 19 heavy (non-hydrogen) atoms. The topological polar surface area (TPSA) is 97.5 Å². The Bertz CT molecular complexity index is 534. The first-order valence-corrected chi connectivity index (χ1v) is 6.71. The van der Waals surface area contributed by atoms with Crippen molar-refractivity contribution in [3.05, 3.63) is 39.7 Å². The number of carbonyl (C=O) groups is 1. The van der Waals surface area contributed by atoms with Crippen LogP contribution in [0.15, 0.2) is 18.2 Å². The lowest BCUT2D eigenvalue weighted by Crippen LogP contribution is -2.17. The second-order valence-corrected chi connectivity index (χ2v) is 5.83. The van der Waals surface area contributed by atoms with Crippen molar-refractivity contribution in [1.82, 2.24) is 0 Å². The van der Waals surface area contributed by atoms with Crippen LogP contribution in [0.25, 0.3) is 0 Å². The van der Waals surface area contributed by atoms with Crippen LogP contribution < -0.4 is 0 Å². The number of nitro benzene ring substituents is 1. The van der Waals surface area contributed by atoms with Gasteiger partial charge in [-0.1, -0.05) is 13.0 Å². The molecule has 0 radical (unpaired) electrons. The Morgan fingerprint density at radius 1 is 1.58 bits per heavy atom. The first kappa shape index (κ1) is 15.2. The first-order chi connectivity index (χ1) is 8.81. The molecule has 0 aliphatic rings. The van der Waals surface area contributed by atoms with Gasteiger partial charge in [-0.3, -0.25) is 19.1 Å². The molecule has 0 aliphatic heterocycles. The van der Waals surface area contributed by atoms with Crippen molar-refractivity contribution >= 4 is 22.5 Å². The molecule has 0 fully saturated rings. The molecule has 0 bridgehead atoms. The first-order valence-electron chi connectivity index (χ1n) is 5.33. The Morgan fingerprint density at radius 3 is 2.68 bits per heavy atom. The van der Waals surface area contributed by atoms with E-state index >= 15 is 0 Å². The van der Waals surface area contributed by atoms with E-state index in [4.69, 9.17) is 5.11 Å². The van der Waals surface area contributed by atoms with Crippen LogP contribution >= 0.6 is 0 Å². The summed E-state index contributed by atoms with van der Waals surface area (Å²) in [6.45, 7) is 1.52. The monoisotopic (exact) mass is 289 g/mol. The molecule has 1 N–H and O–H groups in total. The number of rotatable bonds is 6. The standard InChI is InChI=1S/C11H12FNO5S/c1-7(4-11(14)15)19(18)6-8-2-3-10(13(16)17)9(12)5-8/h2-3,5,7H,4,6H2,1H3,(H,14,15). The molecule has 8 heteroatoms. The number of benzene rings is 1. The third-order valence-electron chi connectivity index (χ3n) is 2.43. The second-order valence-electron chi connectivity index (χ2n) is 3.98. The molecule has 0 aliphatic carbocycles. The van der Waals surface area contributed by atoms with Gasteiger partial charge >= 0.3 is 11.7 Å². The van der Waals surface area contributed by atoms with Gasteiger partial charge in [0.05, 0.1) is 11.3 Å². The maximum Gasteiger partial charge on any atom is 0.304 e. The van der Waals surface area contributed by atoms with Gasteiger partial charge in [-0.05, 0) is 11.6 Å². The molecular weight excluding hydrogens is 277 g/mol. The van der Waals surface area contributed by atoms with Gasteiger partial charge in [0, 0.05) is 27.9 Å². The zero-order chi connectivity index (χ0) is 14.6. The van der Waals surface area contributed by atoms with Crippen molar-refractivity contribution in [2.75, 3.05) is 0 Å². The molecule has 0 saturated heterocycles. The molecule has 6 nitrogen and oxygen atoms in total. The molecule has 1 aromatic rings. The Kier molecular flexibility index (Phi) is 5.11. The fourth-order valence-electron chi connectivity index (χ4n) is 1.43. The highest BCUT2D eigenvalue weighted by atomic mass is 32.2. The Balaban J connectivity index is 2.78. The molecule has 0 heterocycles. The van der Waals surface area contributed by atoms with Gasteiger partial charge in [-0.15, -0.1) is 0 Å². The van der Waals surface area contributed by atoms with Gasteiger partial charge in [0.1, 0.15) is 0 Å². The van der Waals surface area contributed by atoms with Crippen LogP contribution in [0, 0.1) is 15.9 Å². The lowest BCUT2D eigenvalue weighted by atomic mass is 10.2. The van der Waals surface area contributed by atoms with E-state index in [2.05, 4.69) is 0 Å². The van der Waals surface area contributed by atoms with E-state index in [9.17, 15) is 23.5 Å². The predicted octanol–water partition coefficient (Wildman–Crippen LogP) is 1.85. The van der Waals surface area contributed by atoms with Crippen LogP contribution in [0.4, 0.5) is 10.1 Å². The summed E-state index contributed by atoms with van der Waals surface area (Å²) >= 11 is 0. The number of hydrogen-bond donors (Lipinski definition) is 1. The van der Waals surface area contributed by atoms with E-state index in [1.807, 2.05) is 0 Å². The highest BCUT2D eigenvalue weighted by Gasteiger charge is 2.18. The van der Waals surface area contributed by atoms with Crippen LogP contribution in [0.3, 0.4) is 0 Å². The minimum absolute atomic E-state index is 0.0383. The van der Waals surface area contributed by atoms with Gasteiger partial charge in [-0.25, -0.2) is 0 Å². The van der Waals surface area contributed by atoms with E-state index in [1.54, 1.807) is 0 Å². The zero-order valence-corrected chi connectivity index (χ0v) is 10.9. The predicted molar refractivity (Wildman–Crippen MR) is 66.6 cm³/mol. The minimum Gasteiger partial charge on any atom is -0.481 e. The van der Waals surface area contributed by atoms with E-state index in [0.717, 1.165) is 12.1 Å². The molecular formula is C11H12FNO5S. The highest BCUT2D eigenvalue weighted by Crippen LogP contribution is 2.19. The average Bonchev–Trinajstić information content (AvgIpc) is 2.27. The maximum absolute atomic E-state index is 13.3. The molecule has 104 valence electrons. The van der Waals surface area contributed by atoms with Crippen LogP contribution in [-0.2, 0) is 21.3 Å². The van der Waals surface area contributed by atoms with Crippen LogP contribution in [0.2, 0.25) is 0 Å². The van der Waals surface area contributed by atoms with E-state index in [0.29, 0.717) is 5.56 Å². The fraction of sp³-hybridized carbons (Fsp3) is 0.364. The number of nitrogens with zero attached hydrogens (tertiary/aromatic N) is 1. The van der Waals surface area contributed by atoms with Gasteiger partial charge in [0.15, 0.2) is 0 Å². The summed E-state index contributed by atoms with van der Waals surface area (Å²) in [4.78, 5) is 20.1. The average molecular weight is 289 g/mol.